The minimum Gasteiger partial charge on any atom is -0.310 e. The van der Waals surface area contributed by atoms with Gasteiger partial charge < -0.3 is 10.2 Å². The zero-order chi connectivity index (χ0) is 16.0. The van der Waals surface area contributed by atoms with Gasteiger partial charge in [-0.2, -0.15) is 0 Å². The van der Waals surface area contributed by atoms with E-state index < -0.39 is 10.0 Å². The van der Waals surface area contributed by atoms with Gasteiger partial charge in [-0.1, -0.05) is 13.8 Å². The predicted molar refractivity (Wildman–Crippen MR) is 89.2 cm³/mol. The quantitative estimate of drug-likeness (QED) is 0.724. The molecule has 0 aliphatic rings. The molecule has 1 rings (SSSR count). The van der Waals surface area contributed by atoms with Crippen molar-refractivity contribution < 1.29 is 8.42 Å². The van der Waals surface area contributed by atoms with Crippen LogP contribution in [0.5, 0.6) is 0 Å². The van der Waals surface area contributed by atoms with Crippen molar-refractivity contribution in [2.75, 3.05) is 20.1 Å². The zero-order valence-corrected chi connectivity index (χ0v) is 15.1. The van der Waals surface area contributed by atoms with Gasteiger partial charge in [-0.15, -0.1) is 11.3 Å². The van der Waals surface area contributed by atoms with Gasteiger partial charge in [0.05, 0.1) is 0 Å². The molecular weight excluding hydrogens is 306 g/mol. The fourth-order valence-corrected chi connectivity index (χ4v) is 3.87. The van der Waals surface area contributed by atoms with Crippen molar-refractivity contribution in [3.05, 3.63) is 17.0 Å². The molecular formula is C14H27N3O2S2. The minimum atomic E-state index is -3.39. The van der Waals surface area contributed by atoms with Gasteiger partial charge in [-0.3, -0.25) is 0 Å². The number of thiophene rings is 1. The van der Waals surface area contributed by atoms with Crippen LogP contribution in [0.1, 0.15) is 33.3 Å². The van der Waals surface area contributed by atoms with E-state index in [0.29, 0.717) is 35.9 Å². The molecule has 0 aromatic carbocycles. The van der Waals surface area contributed by atoms with Crippen LogP contribution in [0.3, 0.4) is 0 Å². The first-order chi connectivity index (χ1) is 9.72. The Labute approximate surface area is 132 Å². The van der Waals surface area contributed by atoms with Crippen LogP contribution in [0, 0.1) is 0 Å². The van der Waals surface area contributed by atoms with Crippen molar-refractivity contribution in [2.24, 2.45) is 0 Å². The van der Waals surface area contributed by atoms with Gasteiger partial charge in [0.15, 0.2) is 0 Å². The smallest absolute Gasteiger partial charge is 0.250 e. The molecule has 0 unspecified atom stereocenters. The molecule has 2 N–H and O–H groups in total. The molecule has 7 heteroatoms. The van der Waals surface area contributed by atoms with Crippen LogP contribution in [0.2, 0.25) is 0 Å². The highest BCUT2D eigenvalue weighted by molar-refractivity contribution is 7.91. The fourth-order valence-electron chi connectivity index (χ4n) is 1.59. The third-order valence-electron chi connectivity index (χ3n) is 3.25. The van der Waals surface area contributed by atoms with E-state index in [4.69, 9.17) is 0 Å². The Morgan fingerprint density at radius 2 is 1.95 bits per heavy atom. The Balaban J connectivity index is 2.54. The molecule has 0 aliphatic carbocycles. The molecule has 1 aromatic heterocycles. The van der Waals surface area contributed by atoms with Crippen molar-refractivity contribution in [3.63, 3.8) is 0 Å². The first-order valence-electron chi connectivity index (χ1n) is 7.23. The maximum atomic E-state index is 12.2. The number of nitrogens with one attached hydrogen (secondary N) is 2. The summed E-state index contributed by atoms with van der Waals surface area (Å²) in [6.45, 7) is 10.1. The van der Waals surface area contributed by atoms with Crippen molar-refractivity contribution in [2.45, 2.75) is 50.5 Å². The first kappa shape index (κ1) is 18.6. The van der Waals surface area contributed by atoms with Crippen molar-refractivity contribution in [3.8, 4) is 0 Å². The Hall–Kier alpha value is -0.470. The van der Waals surface area contributed by atoms with E-state index in [1.807, 2.05) is 12.4 Å². The summed E-state index contributed by atoms with van der Waals surface area (Å²) in [5.74, 6) is 0. The highest BCUT2D eigenvalue weighted by Crippen LogP contribution is 2.20. The number of nitrogens with zero attached hydrogens (tertiary/aromatic N) is 1. The Kier molecular flexibility index (Phi) is 7.29. The molecule has 5 nitrogen and oxygen atoms in total. The van der Waals surface area contributed by atoms with E-state index >= 15 is 0 Å². The average Bonchev–Trinajstić information content (AvgIpc) is 2.85. The Morgan fingerprint density at radius 3 is 2.52 bits per heavy atom. The molecule has 21 heavy (non-hydrogen) atoms. The maximum Gasteiger partial charge on any atom is 0.250 e. The van der Waals surface area contributed by atoms with Crippen LogP contribution in [0.4, 0.5) is 0 Å². The lowest BCUT2D eigenvalue weighted by Gasteiger charge is -2.20. The molecule has 0 fully saturated rings. The lowest BCUT2D eigenvalue weighted by Crippen LogP contribution is -2.35. The van der Waals surface area contributed by atoms with Gasteiger partial charge in [0, 0.05) is 31.7 Å². The van der Waals surface area contributed by atoms with Gasteiger partial charge in [0.25, 0.3) is 0 Å². The highest BCUT2D eigenvalue weighted by atomic mass is 32.2. The van der Waals surface area contributed by atoms with E-state index in [1.54, 1.807) is 6.07 Å². The molecule has 0 saturated carbocycles. The number of likely N-dealkylation sites (N-methyl/N-ethyl adjacent to an activating group) is 1. The average molecular weight is 334 g/mol. The van der Waals surface area contributed by atoms with Crippen LogP contribution in [-0.2, 0) is 16.6 Å². The molecule has 0 atom stereocenters. The second-order valence-electron chi connectivity index (χ2n) is 5.78. The molecule has 1 aromatic rings. The molecule has 0 aliphatic heterocycles. The lowest BCUT2D eigenvalue weighted by atomic mass is 10.3. The topological polar surface area (TPSA) is 61.4 Å². The second-order valence-corrected chi connectivity index (χ2v) is 8.69. The Morgan fingerprint density at radius 1 is 1.29 bits per heavy atom. The van der Waals surface area contributed by atoms with Gasteiger partial charge in [-0.05, 0) is 37.9 Å². The summed E-state index contributed by atoms with van der Waals surface area (Å²) in [4.78, 5) is 2.11. The largest absolute Gasteiger partial charge is 0.310 e. The maximum absolute atomic E-state index is 12.2. The molecule has 122 valence electrons. The molecule has 0 amide bonds. The second kappa shape index (κ2) is 8.24. The van der Waals surface area contributed by atoms with E-state index in [2.05, 4.69) is 42.6 Å². The number of rotatable bonds is 9. The van der Waals surface area contributed by atoms with Crippen LogP contribution in [-0.4, -0.2) is 45.5 Å². The van der Waals surface area contributed by atoms with Gasteiger partial charge in [-0.25, -0.2) is 13.1 Å². The number of hydrogen-bond acceptors (Lipinski definition) is 5. The summed E-state index contributed by atoms with van der Waals surface area (Å²) in [5.41, 5.74) is 1.01. The zero-order valence-electron chi connectivity index (χ0n) is 13.5. The van der Waals surface area contributed by atoms with Gasteiger partial charge >= 0.3 is 0 Å². The summed E-state index contributed by atoms with van der Waals surface area (Å²) >= 11 is 1.27. The highest BCUT2D eigenvalue weighted by Gasteiger charge is 2.16. The van der Waals surface area contributed by atoms with Crippen molar-refractivity contribution in [1.29, 1.82) is 0 Å². The van der Waals surface area contributed by atoms with Crippen LogP contribution >= 0.6 is 11.3 Å². The number of sulfonamides is 1. The molecule has 0 spiro atoms. The molecule has 0 bridgehead atoms. The van der Waals surface area contributed by atoms with Gasteiger partial charge in [0.1, 0.15) is 4.21 Å². The summed E-state index contributed by atoms with van der Waals surface area (Å²) in [5, 5.41) is 5.17. The van der Waals surface area contributed by atoms with Crippen LogP contribution in [0.25, 0.3) is 0 Å². The summed E-state index contributed by atoms with van der Waals surface area (Å²) in [6.07, 6.45) is 0. The predicted octanol–water partition coefficient (Wildman–Crippen LogP) is 1.86. The molecule has 0 radical (unpaired) electrons. The lowest BCUT2D eigenvalue weighted by molar-refractivity contribution is 0.278. The van der Waals surface area contributed by atoms with E-state index in [-0.39, 0.29) is 0 Å². The van der Waals surface area contributed by atoms with E-state index in [9.17, 15) is 8.42 Å². The monoisotopic (exact) mass is 333 g/mol. The SMILES string of the molecule is CC(C)NCc1csc(S(=O)(=O)NCCN(C)C(C)C)c1. The standard InChI is InChI=1S/C14H27N3O2S2/c1-11(2)15-9-13-8-14(20-10-13)21(18,19)16-6-7-17(5)12(3)4/h8,10-12,15-16H,6-7,9H2,1-5H3. The van der Waals surface area contributed by atoms with Crippen molar-refractivity contribution in [1.82, 2.24) is 14.9 Å². The van der Waals surface area contributed by atoms with Crippen molar-refractivity contribution >= 4 is 21.4 Å². The molecule has 1 heterocycles. The van der Waals surface area contributed by atoms with Crippen LogP contribution < -0.4 is 10.0 Å². The third kappa shape index (κ3) is 6.44. The summed E-state index contributed by atoms with van der Waals surface area (Å²) < 4.78 is 27.4. The molecule has 0 saturated heterocycles. The van der Waals surface area contributed by atoms with E-state index in [1.165, 1.54) is 11.3 Å². The number of hydrogen-bond donors (Lipinski definition) is 2. The fraction of sp³-hybridized carbons (Fsp3) is 0.714. The first-order valence-corrected chi connectivity index (χ1v) is 9.59. The normalized spacial score (nSPS) is 12.8. The third-order valence-corrected chi connectivity index (χ3v) is 6.20. The summed E-state index contributed by atoms with van der Waals surface area (Å²) in [6, 6.07) is 2.54. The minimum absolute atomic E-state index is 0.384. The summed E-state index contributed by atoms with van der Waals surface area (Å²) in [7, 11) is -1.40. The van der Waals surface area contributed by atoms with E-state index in [0.717, 1.165) is 5.56 Å². The Bertz CT molecular complexity index is 524. The van der Waals surface area contributed by atoms with Crippen LogP contribution in [0.15, 0.2) is 15.7 Å². The van der Waals surface area contributed by atoms with Gasteiger partial charge in [0.2, 0.25) is 10.0 Å².